The van der Waals surface area contributed by atoms with Crippen LogP contribution in [0.25, 0.3) is 0 Å². The monoisotopic (exact) mass is 642 g/mol. The van der Waals surface area contributed by atoms with Crippen molar-refractivity contribution >= 4 is 40.4 Å². The Morgan fingerprint density at radius 2 is 1.82 bits per heavy atom. The van der Waals surface area contributed by atoms with E-state index < -0.39 is 18.0 Å². The van der Waals surface area contributed by atoms with E-state index in [0.29, 0.717) is 17.9 Å². The Bertz CT molecular complexity index is 1180. The van der Waals surface area contributed by atoms with E-state index in [1.54, 1.807) is 6.92 Å². The highest BCUT2D eigenvalue weighted by atomic mass is 127. The number of quaternary nitrogens is 2. The van der Waals surface area contributed by atoms with E-state index in [4.69, 9.17) is 10.6 Å². The summed E-state index contributed by atoms with van der Waals surface area (Å²) in [5, 5.41) is 19.9. The number of carbonyl (C=O) groups is 3. The van der Waals surface area contributed by atoms with Gasteiger partial charge in [-0.05, 0) is 47.7 Å². The highest BCUT2D eigenvalue weighted by Gasteiger charge is 2.60. The molecule has 0 radical (unpaired) electrons. The Morgan fingerprint density at radius 3 is 2.37 bits per heavy atom. The van der Waals surface area contributed by atoms with Gasteiger partial charge in [-0.15, -0.1) is 0 Å². The van der Waals surface area contributed by atoms with Crippen LogP contribution in [0.15, 0.2) is 29.5 Å². The number of halogens is 1. The van der Waals surface area contributed by atoms with Crippen molar-refractivity contribution in [2.45, 2.75) is 32.5 Å². The lowest BCUT2D eigenvalue weighted by molar-refractivity contribution is -1.08. The maximum Gasteiger partial charge on any atom is 0.380 e. The lowest BCUT2D eigenvalue weighted by Crippen LogP contribution is -2.75. The predicted octanol–water partition coefficient (Wildman–Crippen LogP) is 0.444. The van der Waals surface area contributed by atoms with Gasteiger partial charge in [0.1, 0.15) is 63.9 Å². The van der Waals surface area contributed by atoms with Crippen LogP contribution in [0.4, 0.5) is 0 Å². The van der Waals surface area contributed by atoms with Crippen LogP contribution in [0.1, 0.15) is 19.4 Å². The smallest absolute Gasteiger partial charge is 0.380 e. The minimum Gasteiger partial charge on any atom is -0.488 e. The zero-order valence-electron chi connectivity index (χ0n) is 21.6. The number of hydrogen-bond donors (Lipinski definition) is 3. The molecule has 3 unspecified atom stereocenters. The van der Waals surface area contributed by atoms with Crippen LogP contribution in [0, 0.1) is 15.4 Å². The van der Waals surface area contributed by atoms with Crippen molar-refractivity contribution in [3.8, 4) is 5.75 Å². The summed E-state index contributed by atoms with van der Waals surface area (Å²) < 4.78 is 8.79. The number of nitrogens with zero attached hydrogens (tertiary/aromatic N) is 3. The van der Waals surface area contributed by atoms with Crippen LogP contribution in [0.5, 0.6) is 5.75 Å². The van der Waals surface area contributed by atoms with Crippen molar-refractivity contribution in [2.24, 2.45) is 17.7 Å². The van der Waals surface area contributed by atoms with E-state index in [0.717, 1.165) is 58.3 Å². The summed E-state index contributed by atoms with van der Waals surface area (Å²) in [7, 11) is 0. The molecule has 2 bridgehead atoms. The van der Waals surface area contributed by atoms with E-state index in [2.05, 4.69) is 39.6 Å². The Labute approximate surface area is 235 Å². The van der Waals surface area contributed by atoms with Crippen LogP contribution in [-0.4, -0.2) is 106 Å². The van der Waals surface area contributed by atoms with Gasteiger partial charge in [0, 0.05) is 17.1 Å². The molecule has 5 aliphatic rings. The number of β-lactam (4-membered cyclic amide) rings is 1. The van der Waals surface area contributed by atoms with Gasteiger partial charge in [0.25, 0.3) is 0 Å². The molecule has 5 heterocycles. The first-order valence-electron chi connectivity index (χ1n) is 13.0. The van der Waals surface area contributed by atoms with Crippen LogP contribution >= 0.6 is 22.6 Å². The van der Waals surface area contributed by atoms with Crippen LogP contribution in [0.2, 0.25) is 0 Å². The second kappa shape index (κ2) is 10.0. The number of aliphatic hydroxyl groups is 1. The van der Waals surface area contributed by atoms with E-state index in [1.165, 1.54) is 10.5 Å². The molecule has 4 atom stereocenters. The molecule has 0 aliphatic carbocycles. The molecule has 206 valence electrons. The number of piperazine rings is 3. The molecule has 6 rings (SSSR count). The maximum absolute atomic E-state index is 12.6. The number of carboxylic acid groups (broad SMARTS) is 1. The summed E-state index contributed by atoms with van der Waals surface area (Å²) in [6, 6.07) is 5.76. The average molecular weight is 642 g/mol. The van der Waals surface area contributed by atoms with Crippen molar-refractivity contribution in [1.82, 2.24) is 4.90 Å². The van der Waals surface area contributed by atoms with E-state index in [-0.39, 0.29) is 36.1 Å². The average Bonchev–Trinajstić information content (AvgIpc) is 3.12. The van der Waals surface area contributed by atoms with E-state index in [1.807, 2.05) is 13.0 Å². The molecule has 1 aromatic carbocycles. The summed E-state index contributed by atoms with van der Waals surface area (Å²) in [5.74, 6) is 3.07. The minimum absolute atomic E-state index is 0.0174. The second-order valence-corrected chi connectivity index (χ2v) is 12.5. The molecule has 4 fully saturated rings. The summed E-state index contributed by atoms with van der Waals surface area (Å²) in [6.07, 6.45) is -0.834. The summed E-state index contributed by atoms with van der Waals surface area (Å²) in [4.78, 5) is 42.1. The van der Waals surface area contributed by atoms with Crippen molar-refractivity contribution in [1.29, 1.82) is 0 Å². The molecule has 0 spiro atoms. The number of nitrogens with two attached hydrogens (primary N) is 1. The number of ether oxygens (including phenoxy) is 1. The SMILES string of the molecule is CC(O)C1C(=O)N2C(C(=O)O)=C(COc3ccc(C[N+]45CC[N+](CC(=O)ON)(CC4)CC5)cc3I)[C@H](C)C12. The predicted molar refractivity (Wildman–Crippen MR) is 143 cm³/mol. The Hall–Kier alpha value is -2.26. The van der Waals surface area contributed by atoms with Crippen molar-refractivity contribution < 1.29 is 43.1 Å². The lowest BCUT2D eigenvalue weighted by atomic mass is 9.78. The molecular weight excluding hydrogens is 607 g/mol. The Balaban J connectivity index is 1.24. The molecule has 4 N–H and O–H groups in total. The van der Waals surface area contributed by atoms with E-state index in [9.17, 15) is 24.6 Å². The van der Waals surface area contributed by atoms with Crippen molar-refractivity contribution in [3.05, 3.63) is 38.6 Å². The number of hydrogen-bond acceptors (Lipinski definition) is 7. The number of benzene rings is 1. The first-order valence-corrected chi connectivity index (χ1v) is 14.1. The van der Waals surface area contributed by atoms with Gasteiger partial charge in [-0.25, -0.2) is 9.59 Å². The summed E-state index contributed by atoms with van der Waals surface area (Å²) >= 11 is 2.24. The Kier molecular flexibility index (Phi) is 7.22. The molecule has 12 heteroatoms. The molecule has 38 heavy (non-hydrogen) atoms. The number of rotatable bonds is 9. The largest absolute Gasteiger partial charge is 0.488 e. The third kappa shape index (κ3) is 4.59. The number of amides is 1. The topological polar surface area (TPSA) is 139 Å². The highest BCUT2D eigenvalue weighted by molar-refractivity contribution is 14.1. The first-order chi connectivity index (χ1) is 18.0. The van der Waals surface area contributed by atoms with Crippen LogP contribution < -0.4 is 10.6 Å². The molecule has 4 saturated heterocycles. The normalized spacial score (nSPS) is 32.6. The second-order valence-electron chi connectivity index (χ2n) is 11.3. The van der Waals surface area contributed by atoms with E-state index >= 15 is 0 Å². The summed E-state index contributed by atoms with van der Waals surface area (Å²) in [5.41, 5.74) is 1.76. The van der Waals surface area contributed by atoms with Gasteiger partial charge in [-0.3, -0.25) is 4.79 Å². The summed E-state index contributed by atoms with van der Waals surface area (Å²) in [6.45, 7) is 10.6. The molecule has 1 aromatic rings. The van der Waals surface area contributed by atoms with Crippen LogP contribution in [-0.2, 0) is 25.8 Å². The third-order valence-corrected chi connectivity index (χ3v) is 10.0. The van der Waals surface area contributed by atoms with Gasteiger partial charge >= 0.3 is 11.9 Å². The van der Waals surface area contributed by atoms with Crippen LogP contribution in [0.3, 0.4) is 0 Å². The third-order valence-electron chi connectivity index (χ3n) is 9.16. The number of fused-ring (bicyclic) bond motifs is 4. The number of aliphatic hydroxyl groups excluding tert-OH is 1. The molecule has 11 nitrogen and oxygen atoms in total. The maximum atomic E-state index is 12.6. The molecule has 0 aromatic heterocycles. The molecule has 5 aliphatic heterocycles. The Morgan fingerprint density at radius 1 is 1.18 bits per heavy atom. The van der Waals surface area contributed by atoms with Gasteiger partial charge in [-0.2, -0.15) is 5.90 Å². The zero-order chi connectivity index (χ0) is 27.4. The van der Waals surface area contributed by atoms with Crippen molar-refractivity contribution in [2.75, 3.05) is 52.4 Å². The fourth-order valence-corrected chi connectivity index (χ4v) is 7.60. The fourth-order valence-electron chi connectivity index (χ4n) is 6.87. The standard InChI is InChI=1S/C26H34IN4O7/c1-15-18(24(26(35)36)29-23(15)22(16(2)32)25(29)34)14-37-20-4-3-17(11-19(20)27)12-30-5-8-31(9-6-30,10-7-30)13-21(33)38-28/h3-4,11,15-16,22-23,32H,5-10,12-14,28H2,1-2H3/q+1/p+1/t15-,16?,22?,23?,30?,31?/m0/s1. The van der Waals surface area contributed by atoms with Gasteiger partial charge in [0.05, 0.1) is 21.6 Å². The first kappa shape index (κ1) is 27.3. The highest BCUT2D eigenvalue weighted by Crippen LogP contribution is 2.47. The van der Waals surface area contributed by atoms with Gasteiger partial charge in [-0.1, -0.05) is 6.92 Å². The minimum atomic E-state index is -1.15. The number of carbonyl (C=O) groups excluding carboxylic acids is 2. The molecule has 0 saturated carbocycles. The molecular formula is C26H35IN4O7+2. The van der Waals surface area contributed by atoms with Gasteiger partial charge in [0.15, 0.2) is 6.54 Å². The fraction of sp³-hybridized carbons (Fsp3) is 0.577. The van der Waals surface area contributed by atoms with Gasteiger partial charge in [0.2, 0.25) is 5.91 Å². The lowest BCUT2D eigenvalue weighted by Gasteiger charge is -2.55. The van der Waals surface area contributed by atoms with Crippen molar-refractivity contribution in [3.63, 3.8) is 0 Å². The number of aliphatic carboxylic acids is 1. The number of carboxylic acids is 1. The van der Waals surface area contributed by atoms with Gasteiger partial charge < -0.3 is 33.7 Å². The zero-order valence-corrected chi connectivity index (χ0v) is 23.8. The quantitative estimate of drug-likeness (QED) is 0.153. The molecule has 1 amide bonds.